The van der Waals surface area contributed by atoms with Crippen molar-refractivity contribution in [3.8, 4) is 12.3 Å². The van der Waals surface area contributed by atoms with Crippen molar-refractivity contribution < 1.29 is 9.59 Å². The summed E-state index contributed by atoms with van der Waals surface area (Å²) in [5, 5.41) is 3.19. The van der Waals surface area contributed by atoms with Crippen LogP contribution in [0.1, 0.15) is 12.0 Å². The van der Waals surface area contributed by atoms with Gasteiger partial charge in [0.2, 0.25) is 11.8 Å². The molecule has 0 spiro atoms. The van der Waals surface area contributed by atoms with Crippen LogP contribution in [0.4, 0.5) is 5.69 Å². The molecule has 0 radical (unpaired) electrons. The van der Waals surface area contributed by atoms with Crippen molar-refractivity contribution in [1.82, 2.24) is 14.5 Å². The number of carbonyl (C=O) groups excluding carboxylic acids is 2. The summed E-state index contributed by atoms with van der Waals surface area (Å²) in [4.78, 5) is 42.8. The molecule has 0 aliphatic rings. The first-order chi connectivity index (χ1) is 14.4. The van der Waals surface area contributed by atoms with Gasteiger partial charge in [0, 0.05) is 35.7 Å². The van der Waals surface area contributed by atoms with Gasteiger partial charge in [0.1, 0.15) is 0 Å². The Bertz CT molecular complexity index is 1210. The molecule has 0 aliphatic heterocycles. The average Bonchev–Trinajstić information content (AvgIpc) is 2.73. The molecule has 2 amide bonds. The molecule has 3 rings (SSSR count). The van der Waals surface area contributed by atoms with E-state index in [2.05, 4.69) is 32.2 Å². The van der Waals surface area contributed by atoms with Crippen LogP contribution in [0, 0.1) is 12.3 Å². The van der Waals surface area contributed by atoms with Crippen molar-refractivity contribution in [2.24, 2.45) is 0 Å². The minimum absolute atomic E-state index is 0.0669. The van der Waals surface area contributed by atoms with Gasteiger partial charge in [-0.2, -0.15) is 0 Å². The predicted octanol–water partition coefficient (Wildman–Crippen LogP) is 2.63. The maximum absolute atomic E-state index is 12.6. The predicted molar refractivity (Wildman–Crippen MR) is 119 cm³/mol. The van der Waals surface area contributed by atoms with E-state index < -0.39 is 0 Å². The van der Waals surface area contributed by atoms with Crippen LogP contribution >= 0.6 is 15.9 Å². The molecule has 0 atom stereocenters. The van der Waals surface area contributed by atoms with Crippen molar-refractivity contribution in [1.29, 1.82) is 0 Å². The second-order valence-electron chi connectivity index (χ2n) is 6.68. The molecule has 1 heterocycles. The Hall–Kier alpha value is -3.44. The van der Waals surface area contributed by atoms with Gasteiger partial charge >= 0.3 is 0 Å². The third-order valence-electron chi connectivity index (χ3n) is 4.47. The number of terminal acetylenes is 1. The number of anilines is 1. The largest absolute Gasteiger partial charge is 0.336 e. The van der Waals surface area contributed by atoms with Crippen LogP contribution in [-0.4, -0.2) is 39.9 Å². The molecule has 1 N–H and O–H groups in total. The molecule has 152 valence electrons. The van der Waals surface area contributed by atoms with E-state index in [4.69, 9.17) is 6.42 Å². The van der Waals surface area contributed by atoms with E-state index in [1.54, 1.807) is 36.4 Å². The van der Waals surface area contributed by atoms with Crippen LogP contribution in [0.3, 0.4) is 0 Å². The van der Waals surface area contributed by atoms with Gasteiger partial charge in [-0.15, -0.1) is 6.42 Å². The molecule has 8 heteroatoms. The fourth-order valence-electron chi connectivity index (χ4n) is 2.89. The van der Waals surface area contributed by atoms with Crippen molar-refractivity contribution in [2.75, 3.05) is 18.9 Å². The minimum Gasteiger partial charge on any atom is -0.336 e. The molecule has 0 unspecified atom stereocenters. The number of rotatable bonds is 6. The molecular formula is C22H19BrN4O3. The first-order valence-electron chi connectivity index (χ1n) is 9.12. The zero-order valence-corrected chi connectivity index (χ0v) is 17.8. The summed E-state index contributed by atoms with van der Waals surface area (Å²) in [6, 6.07) is 12.2. The number of nitrogens with one attached hydrogen (secondary N) is 1. The minimum atomic E-state index is -0.339. The van der Waals surface area contributed by atoms with Gasteiger partial charge in [0.15, 0.2) is 0 Å². The van der Waals surface area contributed by atoms with Crippen LogP contribution in [0.2, 0.25) is 0 Å². The van der Waals surface area contributed by atoms with E-state index in [-0.39, 0.29) is 36.9 Å². The smallest absolute Gasteiger partial charge is 0.261 e. The van der Waals surface area contributed by atoms with E-state index in [0.717, 1.165) is 4.47 Å². The number of carbonyl (C=O) groups is 2. The first kappa shape index (κ1) is 21.3. The lowest BCUT2D eigenvalue weighted by atomic mass is 10.2. The summed E-state index contributed by atoms with van der Waals surface area (Å²) in [7, 11) is 1.54. The number of aryl methyl sites for hydroxylation is 1. The fraction of sp³-hybridized carbons (Fsp3) is 0.182. The van der Waals surface area contributed by atoms with E-state index in [9.17, 15) is 14.4 Å². The van der Waals surface area contributed by atoms with Crippen LogP contribution in [0.5, 0.6) is 0 Å². The molecule has 0 saturated heterocycles. The molecule has 2 aromatic carbocycles. The van der Waals surface area contributed by atoms with Gasteiger partial charge in [-0.25, -0.2) is 4.98 Å². The normalized spacial score (nSPS) is 10.4. The van der Waals surface area contributed by atoms with Crippen molar-refractivity contribution in [3.05, 3.63) is 69.2 Å². The zero-order chi connectivity index (χ0) is 21.7. The molecular weight excluding hydrogens is 448 g/mol. The quantitative estimate of drug-likeness (QED) is 0.565. The summed E-state index contributed by atoms with van der Waals surface area (Å²) < 4.78 is 2.17. The van der Waals surface area contributed by atoms with Crippen LogP contribution in [-0.2, 0) is 16.1 Å². The highest BCUT2D eigenvalue weighted by molar-refractivity contribution is 9.10. The van der Waals surface area contributed by atoms with Crippen molar-refractivity contribution in [2.45, 2.75) is 13.0 Å². The molecule has 0 bridgehead atoms. The number of fused-ring (bicyclic) bond motifs is 1. The molecule has 7 nitrogen and oxygen atoms in total. The SMILES string of the molecule is C#Cc1cccc(NC(=O)CN(C)C(=O)CCn2cnc3ccc(Br)cc3c2=O)c1. The van der Waals surface area contributed by atoms with Gasteiger partial charge in [-0.05, 0) is 36.4 Å². The number of halogens is 1. The fourth-order valence-corrected chi connectivity index (χ4v) is 3.25. The molecule has 0 saturated carbocycles. The lowest BCUT2D eigenvalue weighted by Crippen LogP contribution is -2.35. The summed E-state index contributed by atoms with van der Waals surface area (Å²) in [5.41, 5.74) is 1.59. The number of likely N-dealkylation sites (N-methyl/N-ethyl adjacent to an activating group) is 1. The Balaban J connectivity index is 1.58. The lowest BCUT2D eigenvalue weighted by molar-refractivity contribution is -0.133. The van der Waals surface area contributed by atoms with E-state index in [0.29, 0.717) is 22.2 Å². The summed E-state index contributed by atoms with van der Waals surface area (Å²) in [5.74, 6) is 1.90. The molecule has 1 aromatic heterocycles. The number of hydrogen-bond donors (Lipinski definition) is 1. The number of benzene rings is 2. The maximum Gasteiger partial charge on any atom is 0.261 e. The van der Waals surface area contributed by atoms with Crippen LogP contribution in [0.25, 0.3) is 10.9 Å². The third kappa shape index (κ3) is 5.13. The number of nitrogens with zero attached hydrogens (tertiary/aromatic N) is 3. The summed E-state index contributed by atoms with van der Waals surface area (Å²) in [6.45, 7) is 0.0558. The highest BCUT2D eigenvalue weighted by Crippen LogP contribution is 2.15. The van der Waals surface area contributed by atoms with Crippen LogP contribution < -0.4 is 10.9 Å². The standard InChI is InChI=1S/C22H19BrN4O3/c1-3-15-5-4-6-17(11-15)25-20(28)13-26(2)21(29)9-10-27-14-24-19-8-7-16(23)12-18(19)22(27)30/h1,4-8,11-12,14H,9-10,13H2,2H3,(H,25,28). The Kier molecular flexibility index (Phi) is 6.65. The highest BCUT2D eigenvalue weighted by atomic mass is 79.9. The van der Waals surface area contributed by atoms with E-state index in [1.165, 1.54) is 22.8 Å². The van der Waals surface area contributed by atoms with Gasteiger partial charge in [-0.1, -0.05) is 27.9 Å². The monoisotopic (exact) mass is 466 g/mol. The number of aromatic nitrogens is 2. The Morgan fingerprint density at radius 3 is 2.83 bits per heavy atom. The summed E-state index contributed by atoms with van der Waals surface area (Å²) in [6.07, 6.45) is 6.85. The third-order valence-corrected chi connectivity index (χ3v) is 4.97. The maximum atomic E-state index is 12.6. The second kappa shape index (κ2) is 9.37. The Morgan fingerprint density at radius 1 is 1.27 bits per heavy atom. The van der Waals surface area contributed by atoms with Gasteiger partial charge in [0.25, 0.3) is 5.56 Å². The highest BCUT2D eigenvalue weighted by Gasteiger charge is 2.14. The molecule has 0 fully saturated rings. The Morgan fingerprint density at radius 2 is 2.07 bits per heavy atom. The number of hydrogen-bond acceptors (Lipinski definition) is 4. The van der Waals surface area contributed by atoms with Gasteiger partial charge < -0.3 is 10.2 Å². The zero-order valence-electron chi connectivity index (χ0n) is 16.3. The Labute approximate surface area is 181 Å². The lowest BCUT2D eigenvalue weighted by Gasteiger charge is -2.17. The van der Waals surface area contributed by atoms with Crippen molar-refractivity contribution >= 4 is 44.3 Å². The van der Waals surface area contributed by atoms with Crippen molar-refractivity contribution in [3.63, 3.8) is 0 Å². The number of amides is 2. The molecule has 30 heavy (non-hydrogen) atoms. The topological polar surface area (TPSA) is 84.3 Å². The van der Waals surface area contributed by atoms with Crippen LogP contribution in [0.15, 0.2) is 58.1 Å². The molecule has 0 aliphatic carbocycles. The molecule has 3 aromatic rings. The van der Waals surface area contributed by atoms with Gasteiger partial charge in [0.05, 0.1) is 23.8 Å². The average molecular weight is 467 g/mol. The van der Waals surface area contributed by atoms with E-state index in [1.807, 2.05) is 6.07 Å². The van der Waals surface area contributed by atoms with E-state index >= 15 is 0 Å². The second-order valence-corrected chi connectivity index (χ2v) is 7.59. The van der Waals surface area contributed by atoms with Gasteiger partial charge in [-0.3, -0.25) is 19.0 Å². The first-order valence-corrected chi connectivity index (χ1v) is 9.92. The summed E-state index contributed by atoms with van der Waals surface area (Å²) >= 11 is 3.34.